The van der Waals surface area contributed by atoms with Gasteiger partial charge in [0.25, 0.3) is 0 Å². The molecular weight excluding hydrogens is 425 g/mol. The highest BCUT2D eigenvalue weighted by atomic mass is 35.5. The molecule has 2 aromatic carbocycles. The number of carbonyl (C=O) groups is 1. The molecule has 0 fully saturated rings. The van der Waals surface area contributed by atoms with E-state index >= 15 is 0 Å². The van der Waals surface area contributed by atoms with Gasteiger partial charge in [-0.15, -0.1) is 0 Å². The number of imidazole rings is 1. The number of aryl methyl sites for hydroxylation is 1. The van der Waals surface area contributed by atoms with Crippen LogP contribution in [0, 0.1) is 0 Å². The lowest BCUT2D eigenvalue weighted by Crippen LogP contribution is -1.99. The summed E-state index contributed by atoms with van der Waals surface area (Å²) in [4.78, 5) is 15.1. The van der Waals surface area contributed by atoms with Crippen molar-refractivity contribution in [2.45, 2.75) is 25.8 Å². The second-order valence-electron chi connectivity index (χ2n) is 7.06. The number of rotatable bonds is 7. The van der Waals surface area contributed by atoms with Gasteiger partial charge < -0.3 is 19.3 Å². The fourth-order valence-electron chi connectivity index (χ4n) is 3.42. The van der Waals surface area contributed by atoms with Crippen LogP contribution in [0.4, 0.5) is 0 Å². The van der Waals surface area contributed by atoms with Gasteiger partial charge in [0.05, 0.1) is 22.1 Å². The number of phenols is 1. The summed E-state index contributed by atoms with van der Waals surface area (Å²) in [6, 6.07) is 11.0. The molecule has 0 bridgehead atoms. The fourth-order valence-corrected chi connectivity index (χ4v) is 3.87. The number of nitrogens with zero attached hydrogens (tertiary/aromatic N) is 3. The Bertz CT molecular complexity index is 1230. The van der Waals surface area contributed by atoms with E-state index in [4.69, 9.17) is 28.3 Å². The van der Waals surface area contributed by atoms with E-state index in [1.807, 2.05) is 35.2 Å². The number of phenolic OH excluding ortho intramolecular Hbond substituents is 1. The molecule has 0 amide bonds. The van der Waals surface area contributed by atoms with Gasteiger partial charge in [-0.05, 0) is 49.2 Å². The molecule has 2 heterocycles. The van der Waals surface area contributed by atoms with Crippen LogP contribution >= 0.6 is 23.2 Å². The van der Waals surface area contributed by atoms with Crippen molar-refractivity contribution in [3.05, 3.63) is 65.2 Å². The number of hydrogen-bond acceptors (Lipinski definition) is 3. The summed E-state index contributed by atoms with van der Waals surface area (Å²) in [7, 11) is 0. The second-order valence-corrected chi connectivity index (χ2v) is 7.87. The quantitative estimate of drug-likeness (QED) is 0.355. The Balaban J connectivity index is 1.58. The molecule has 4 aromatic rings. The van der Waals surface area contributed by atoms with Crippen LogP contribution in [0.5, 0.6) is 5.75 Å². The van der Waals surface area contributed by atoms with Gasteiger partial charge in [0.15, 0.2) is 0 Å². The molecule has 0 aliphatic heterocycles. The minimum atomic E-state index is -0.774. The minimum absolute atomic E-state index is 0.0346. The summed E-state index contributed by atoms with van der Waals surface area (Å²) in [5.74, 6) is -0.739. The molecule has 0 atom stereocenters. The van der Waals surface area contributed by atoms with Gasteiger partial charge in [0.2, 0.25) is 0 Å². The minimum Gasteiger partial charge on any atom is -0.506 e. The third-order valence-corrected chi connectivity index (χ3v) is 5.58. The largest absolute Gasteiger partial charge is 0.506 e. The Morgan fingerprint density at radius 2 is 1.87 bits per heavy atom. The van der Waals surface area contributed by atoms with Crippen LogP contribution in [0.25, 0.3) is 27.8 Å². The lowest BCUT2D eigenvalue weighted by atomic mass is 10.1. The lowest BCUT2D eigenvalue weighted by molar-refractivity contribution is -0.137. The Hall–Kier alpha value is -2.96. The Labute approximate surface area is 182 Å². The number of benzene rings is 2. The number of aromatic nitrogens is 3. The Morgan fingerprint density at radius 3 is 2.63 bits per heavy atom. The van der Waals surface area contributed by atoms with E-state index in [-0.39, 0.29) is 17.2 Å². The average molecular weight is 444 g/mol. The molecule has 0 radical (unpaired) electrons. The van der Waals surface area contributed by atoms with E-state index in [0.29, 0.717) is 18.0 Å². The van der Waals surface area contributed by atoms with Gasteiger partial charge >= 0.3 is 5.97 Å². The van der Waals surface area contributed by atoms with E-state index in [1.54, 1.807) is 24.5 Å². The summed E-state index contributed by atoms with van der Waals surface area (Å²) < 4.78 is 3.96. The number of hydrogen-bond donors (Lipinski definition) is 2. The number of carboxylic acids is 1. The van der Waals surface area contributed by atoms with Gasteiger partial charge in [-0.1, -0.05) is 23.2 Å². The first-order chi connectivity index (χ1) is 14.4. The monoisotopic (exact) mass is 443 g/mol. The lowest BCUT2D eigenvalue weighted by Gasteiger charge is -2.06. The first-order valence-electron chi connectivity index (χ1n) is 9.46. The maximum atomic E-state index is 10.7. The van der Waals surface area contributed by atoms with Crippen molar-refractivity contribution in [2.75, 3.05) is 0 Å². The van der Waals surface area contributed by atoms with Crippen LogP contribution in [0.3, 0.4) is 0 Å². The Morgan fingerprint density at radius 1 is 1.03 bits per heavy atom. The number of unbranched alkanes of at least 4 members (excludes halogenated alkanes) is 1. The summed E-state index contributed by atoms with van der Waals surface area (Å²) in [5, 5.41) is 20.2. The van der Waals surface area contributed by atoms with Crippen molar-refractivity contribution in [1.82, 2.24) is 14.1 Å². The number of aromatic hydroxyl groups is 1. The van der Waals surface area contributed by atoms with Crippen molar-refractivity contribution in [3.8, 4) is 22.7 Å². The first-order valence-corrected chi connectivity index (χ1v) is 10.2. The molecule has 0 aliphatic rings. The zero-order valence-corrected chi connectivity index (χ0v) is 17.4. The summed E-state index contributed by atoms with van der Waals surface area (Å²) >= 11 is 12.5. The van der Waals surface area contributed by atoms with E-state index in [1.165, 1.54) is 0 Å². The average Bonchev–Trinajstić information content (AvgIpc) is 3.32. The number of carboxylic acid groups (broad SMARTS) is 1. The third kappa shape index (κ3) is 4.15. The molecule has 0 unspecified atom stereocenters. The molecule has 0 aliphatic carbocycles. The van der Waals surface area contributed by atoms with E-state index in [2.05, 4.69) is 9.55 Å². The third-order valence-electron chi connectivity index (χ3n) is 4.98. The highest BCUT2D eigenvalue weighted by molar-refractivity contribution is 6.35. The smallest absolute Gasteiger partial charge is 0.303 e. The van der Waals surface area contributed by atoms with Gasteiger partial charge in [-0.2, -0.15) is 0 Å². The fraction of sp³-hybridized carbons (Fsp3) is 0.182. The molecule has 0 saturated heterocycles. The maximum Gasteiger partial charge on any atom is 0.303 e. The molecule has 154 valence electrons. The SMILES string of the molecule is O=C(O)CCCCn1cc(Cl)c2cc(-n3cnc(-c4ccc(O)c(Cl)c4)c3)ccc21. The summed E-state index contributed by atoms with van der Waals surface area (Å²) in [5.41, 5.74) is 3.46. The predicted molar refractivity (Wildman–Crippen MR) is 118 cm³/mol. The standard InChI is InChI=1S/C22H19Cl2N3O3/c23-17-9-14(4-7-21(17)28)19-12-27(13-25-19)15-5-6-20-16(10-15)18(24)11-26(20)8-2-1-3-22(29)30/h4-7,9-13,28H,1-3,8H2,(H,29,30). The van der Waals surface area contributed by atoms with E-state index < -0.39 is 5.97 Å². The van der Waals surface area contributed by atoms with Gasteiger partial charge in [-0.3, -0.25) is 4.79 Å². The predicted octanol–water partition coefficient (Wildman–Crippen LogP) is 5.76. The normalized spacial score (nSPS) is 11.3. The van der Waals surface area contributed by atoms with Crippen LogP contribution in [0.2, 0.25) is 10.0 Å². The Kier molecular flexibility index (Phi) is 5.70. The molecular formula is C22H19Cl2N3O3. The molecule has 0 saturated carbocycles. The second kappa shape index (κ2) is 8.42. The molecule has 0 spiro atoms. The van der Waals surface area contributed by atoms with Crippen LogP contribution in [-0.2, 0) is 11.3 Å². The topological polar surface area (TPSA) is 80.3 Å². The van der Waals surface area contributed by atoms with Crippen LogP contribution in [0.15, 0.2) is 55.1 Å². The number of halogens is 2. The molecule has 30 heavy (non-hydrogen) atoms. The molecule has 6 nitrogen and oxygen atoms in total. The first kappa shape index (κ1) is 20.3. The zero-order chi connectivity index (χ0) is 21.3. The number of aliphatic carboxylic acids is 1. The van der Waals surface area contributed by atoms with Gasteiger partial charge in [-0.25, -0.2) is 4.98 Å². The van der Waals surface area contributed by atoms with E-state index in [0.717, 1.165) is 34.3 Å². The van der Waals surface area contributed by atoms with Crippen molar-refractivity contribution >= 4 is 40.1 Å². The van der Waals surface area contributed by atoms with Crippen LogP contribution in [0.1, 0.15) is 19.3 Å². The van der Waals surface area contributed by atoms with Crippen molar-refractivity contribution < 1.29 is 15.0 Å². The van der Waals surface area contributed by atoms with Crippen molar-refractivity contribution in [1.29, 1.82) is 0 Å². The van der Waals surface area contributed by atoms with Crippen LogP contribution in [-0.4, -0.2) is 30.3 Å². The highest BCUT2D eigenvalue weighted by Crippen LogP contribution is 2.31. The number of fused-ring (bicyclic) bond motifs is 1. The zero-order valence-electron chi connectivity index (χ0n) is 15.9. The van der Waals surface area contributed by atoms with Crippen molar-refractivity contribution in [2.24, 2.45) is 0 Å². The van der Waals surface area contributed by atoms with Gasteiger partial charge in [0.1, 0.15) is 5.75 Å². The molecule has 2 aromatic heterocycles. The highest BCUT2D eigenvalue weighted by Gasteiger charge is 2.11. The van der Waals surface area contributed by atoms with Crippen molar-refractivity contribution in [3.63, 3.8) is 0 Å². The van der Waals surface area contributed by atoms with E-state index in [9.17, 15) is 9.90 Å². The van der Waals surface area contributed by atoms with Gasteiger partial charge in [0, 0.05) is 47.5 Å². The summed E-state index contributed by atoms with van der Waals surface area (Å²) in [6.07, 6.45) is 7.06. The molecule has 4 rings (SSSR count). The molecule has 8 heteroatoms. The molecule has 2 N–H and O–H groups in total. The summed E-state index contributed by atoms with van der Waals surface area (Å²) in [6.45, 7) is 0.715. The maximum absolute atomic E-state index is 10.7. The van der Waals surface area contributed by atoms with Crippen LogP contribution < -0.4 is 0 Å².